The lowest BCUT2D eigenvalue weighted by atomic mass is 10.1. The van der Waals surface area contributed by atoms with E-state index in [0.717, 1.165) is 22.4 Å². The van der Waals surface area contributed by atoms with Crippen LogP contribution < -0.4 is 10.1 Å². The lowest BCUT2D eigenvalue weighted by molar-refractivity contribution is -0.116. The summed E-state index contributed by atoms with van der Waals surface area (Å²) in [5.74, 6) is 0.775. The number of rotatable bonds is 7. The molecule has 146 valence electrons. The second-order valence-electron chi connectivity index (χ2n) is 6.43. The molecule has 3 rings (SSSR count). The maximum Gasteiger partial charge on any atom is 0.226 e. The van der Waals surface area contributed by atoms with Gasteiger partial charge in [-0.25, -0.2) is 4.98 Å². The van der Waals surface area contributed by atoms with Gasteiger partial charge in [-0.3, -0.25) is 4.79 Å². The van der Waals surface area contributed by atoms with Gasteiger partial charge < -0.3 is 10.1 Å². The minimum atomic E-state index is -0.0901. The number of aryl methyl sites for hydroxylation is 2. The van der Waals surface area contributed by atoms with Crippen LogP contribution in [-0.2, 0) is 4.79 Å². The van der Waals surface area contributed by atoms with Gasteiger partial charge >= 0.3 is 0 Å². The fourth-order valence-electron chi connectivity index (χ4n) is 2.61. The molecule has 0 atom stereocenters. The van der Waals surface area contributed by atoms with Crippen LogP contribution in [0.15, 0.2) is 41.8 Å². The van der Waals surface area contributed by atoms with E-state index in [-0.39, 0.29) is 5.91 Å². The third kappa shape index (κ3) is 5.47. The second-order valence-corrected chi connectivity index (χ2v) is 8.13. The molecule has 0 aliphatic carbocycles. The summed E-state index contributed by atoms with van der Waals surface area (Å²) < 4.78 is 5.78. The van der Waals surface area contributed by atoms with E-state index in [1.165, 1.54) is 11.3 Å². The van der Waals surface area contributed by atoms with E-state index in [2.05, 4.69) is 16.4 Å². The molecule has 0 spiro atoms. The Kier molecular flexibility index (Phi) is 6.94. The molecule has 1 heterocycles. The highest BCUT2D eigenvalue weighted by Gasteiger charge is 2.11. The number of carbonyl (C=O) groups is 1. The summed E-state index contributed by atoms with van der Waals surface area (Å²) in [6.45, 7) is 4.52. The summed E-state index contributed by atoms with van der Waals surface area (Å²) in [6, 6.07) is 11.3. The molecule has 3 aromatic rings. The Morgan fingerprint density at radius 2 is 2.00 bits per heavy atom. The first-order valence-corrected chi connectivity index (χ1v) is 10.5. The van der Waals surface area contributed by atoms with Crippen LogP contribution in [0.1, 0.15) is 24.0 Å². The third-order valence-corrected chi connectivity index (χ3v) is 5.41. The zero-order valence-electron chi connectivity index (χ0n) is 15.6. The molecular weight excluding hydrogens is 415 g/mol. The fourth-order valence-corrected chi connectivity index (χ4v) is 3.84. The first-order chi connectivity index (χ1) is 13.4. The van der Waals surface area contributed by atoms with Crippen LogP contribution in [0.2, 0.25) is 10.0 Å². The van der Waals surface area contributed by atoms with Gasteiger partial charge in [0.1, 0.15) is 5.75 Å². The summed E-state index contributed by atoms with van der Waals surface area (Å²) in [5.41, 5.74) is 3.73. The summed E-state index contributed by atoms with van der Waals surface area (Å²) in [6.07, 6.45) is 0.988. The highest BCUT2D eigenvalue weighted by atomic mass is 35.5. The lowest BCUT2D eigenvalue weighted by Crippen LogP contribution is -2.12. The zero-order chi connectivity index (χ0) is 20.1. The molecule has 1 N–H and O–H groups in total. The van der Waals surface area contributed by atoms with Gasteiger partial charge in [0, 0.05) is 22.4 Å². The SMILES string of the molecule is Cc1ccc(C)c(OCCCC(=O)Nc2nc(-c3ccc(Cl)cc3Cl)cs2)c1. The normalized spacial score (nSPS) is 10.7. The molecule has 0 saturated heterocycles. The van der Waals surface area contributed by atoms with E-state index in [4.69, 9.17) is 27.9 Å². The van der Waals surface area contributed by atoms with Gasteiger partial charge in [0.25, 0.3) is 0 Å². The minimum Gasteiger partial charge on any atom is -0.493 e. The van der Waals surface area contributed by atoms with Crippen LogP contribution in [-0.4, -0.2) is 17.5 Å². The number of amides is 1. The Bertz CT molecular complexity index is 988. The Morgan fingerprint density at radius 1 is 1.18 bits per heavy atom. The van der Waals surface area contributed by atoms with Crippen LogP contribution in [0.5, 0.6) is 5.75 Å². The predicted molar refractivity (Wildman–Crippen MR) is 117 cm³/mol. The molecule has 0 saturated carbocycles. The lowest BCUT2D eigenvalue weighted by Gasteiger charge is -2.09. The Morgan fingerprint density at radius 3 is 2.79 bits per heavy atom. The van der Waals surface area contributed by atoms with Gasteiger partial charge in [0.15, 0.2) is 5.13 Å². The van der Waals surface area contributed by atoms with Crippen molar-refractivity contribution >= 4 is 45.6 Å². The van der Waals surface area contributed by atoms with E-state index in [1.54, 1.807) is 12.1 Å². The monoisotopic (exact) mass is 434 g/mol. The average molecular weight is 435 g/mol. The molecule has 0 unspecified atom stereocenters. The molecule has 0 radical (unpaired) electrons. The van der Waals surface area contributed by atoms with Crippen molar-refractivity contribution < 1.29 is 9.53 Å². The number of carbonyl (C=O) groups excluding carboxylic acids is 1. The number of ether oxygens (including phenoxy) is 1. The molecule has 28 heavy (non-hydrogen) atoms. The van der Waals surface area contributed by atoms with E-state index >= 15 is 0 Å². The smallest absolute Gasteiger partial charge is 0.226 e. The maximum atomic E-state index is 12.2. The molecule has 0 bridgehead atoms. The highest BCUT2D eigenvalue weighted by Crippen LogP contribution is 2.32. The fraction of sp³-hybridized carbons (Fsp3) is 0.238. The molecule has 1 aromatic heterocycles. The summed E-state index contributed by atoms with van der Waals surface area (Å²) in [5, 5.41) is 6.32. The molecule has 0 aliphatic heterocycles. The molecule has 7 heteroatoms. The van der Waals surface area contributed by atoms with Gasteiger partial charge in [0.2, 0.25) is 5.91 Å². The molecule has 0 fully saturated rings. The maximum absolute atomic E-state index is 12.2. The largest absolute Gasteiger partial charge is 0.493 e. The van der Waals surface area contributed by atoms with Crippen LogP contribution in [0.4, 0.5) is 5.13 Å². The van der Waals surface area contributed by atoms with Crippen LogP contribution in [0, 0.1) is 13.8 Å². The number of hydrogen-bond donors (Lipinski definition) is 1. The Labute approximate surface area is 178 Å². The molecule has 2 aromatic carbocycles. The van der Waals surface area contributed by atoms with E-state index in [9.17, 15) is 4.79 Å². The van der Waals surface area contributed by atoms with Gasteiger partial charge in [0.05, 0.1) is 17.3 Å². The molecule has 0 aliphatic rings. The Hall–Kier alpha value is -2.08. The number of nitrogens with zero attached hydrogens (tertiary/aromatic N) is 1. The number of aromatic nitrogens is 1. The first-order valence-electron chi connectivity index (χ1n) is 8.83. The van der Waals surface area contributed by atoms with Gasteiger partial charge in [-0.15, -0.1) is 11.3 Å². The van der Waals surface area contributed by atoms with Crippen molar-refractivity contribution in [2.24, 2.45) is 0 Å². The molecular formula is C21H20Cl2N2O2S. The van der Waals surface area contributed by atoms with Crippen LogP contribution in [0.25, 0.3) is 11.3 Å². The van der Waals surface area contributed by atoms with Crippen molar-refractivity contribution in [3.05, 3.63) is 63.0 Å². The summed E-state index contributed by atoms with van der Waals surface area (Å²) >= 11 is 13.5. The summed E-state index contributed by atoms with van der Waals surface area (Å²) in [4.78, 5) is 16.6. The molecule has 4 nitrogen and oxygen atoms in total. The van der Waals surface area contributed by atoms with Gasteiger partial charge in [-0.2, -0.15) is 0 Å². The average Bonchev–Trinajstić information content (AvgIpc) is 3.09. The highest BCUT2D eigenvalue weighted by molar-refractivity contribution is 7.14. The minimum absolute atomic E-state index is 0.0901. The Balaban J connectivity index is 1.49. The van der Waals surface area contributed by atoms with E-state index in [1.807, 2.05) is 37.4 Å². The predicted octanol–water partition coefficient (Wildman–Crippen LogP) is 6.53. The topological polar surface area (TPSA) is 51.2 Å². The van der Waals surface area contributed by atoms with Crippen LogP contribution in [0.3, 0.4) is 0 Å². The number of hydrogen-bond acceptors (Lipinski definition) is 4. The van der Waals surface area contributed by atoms with Crippen molar-refractivity contribution in [1.82, 2.24) is 4.98 Å². The first kappa shape index (κ1) is 20.6. The zero-order valence-corrected chi connectivity index (χ0v) is 17.9. The van der Waals surface area contributed by atoms with Crippen LogP contribution >= 0.6 is 34.5 Å². The van der Waals surface area contributed by atoms with E-state index < -0.39 is 0 Å². The molecule has 1 amide bonds. The number of benzene rings is 2. The van der Waals surface area contributed by atoms with Crippen molar-refractivity contribution in [1.29, 1.82) is 0 Å². The number of nitrogens with one attached hydrogen (secondary N) is 1. The van der Waals surface area contributed by atoms with Crippen molar-refractivity contribution in [3.8, 4) is 17.0 Å². The quantitative estimate of drug-likeness (QED) is 0.429. The standard InChI is InChI=1S/C21H20Cl2N2O2S/c1-13-5-6-14(2)19(10-13)27-9-3-4-20(26)25-21-24-18(12-28-21)16-8-7-15(22)11-17(16)23/h5-8,10-12H,3-4,9H2,1-2H3,(H,24,25,26). The van der Waals surface area contributed by atoms with Crippen molar-refractivity contribution in [2.45, 2.75) is 26.7 Å². The number of halogens is 2. The van der Waals surface area contributed by atoms with Crippen molar-refractivity contribution in [2.75, 3.05) is 11.9 Å². The number of thiazole rings is 1. The third-order valence-electron chi connectivity index (χ3n) is 4.11. The second kappa shape index (κ2) is 9.41. The summed E-state index contributed by atoms with van der Waals surface area (Å²) in [7, 11) is 0. The van der Waals surface area contributed by atoms with Gasteiger partial charge in [-0.05, 0) is 55.7 Å². The number of anilines is 1. The van der Waals surface area contributed by atoms with E-state index in [0.29, 0.717) is 40.3 Å². The van der Waals surface area contributed by atoms with Gasteiger partial charge in [-0.1, -0.05) is 35.3 Å². The van der Waals surface area contributed by atoms with Crippen molar-refractivity contribution in [3.63, 3.8) is 0 Å².